The molecule has 1 fully saturated rings. The lowest BCUT2D eigenvalue weighted by Crippen LogP contribution is -2.61. The molecule has 0 unspecified atom stereocenters. The molecular formula is C12H23N3O3. The zero-order valence-electron chi connectivity index (χ0n) is 11.4. The minimum Gasteiger partial charge on any atom is -0.388 e. The highest BCUT2D eigenvalue weighted by Gasteiger charge is 2.37. The smallest absolute Gasteiger partial charge is 0.239 e. The first-order valence-corrected chi connectivity index (χ1v) is 6.29. The fourth-order valence-electron chi connectivity index (χ4n) is 1.96. The van der Waals surface area contributed by atoms with Crippen LogP contribution in [0.25, 0.3) is 0 Å². The lowest BCUT2D eigenvalue weighted by atomic mass is 9.97. The second-order valence-electron chi connectivity index (χ2n) is 5.24. The lowest BCUT2D eigenvalue weighted by Gasteiger charge is -2.44. The van der Waals surface area contributed by atoms with Gasteiger partial charge in [0.2, 0.25) is 11.8 Å². The van der Waals surface area contributed by atoms with Crippen molar-refractivity contribution in [2.24, 2.45) is 0 Å². The van der Waals surface area contributed by atoms with Gasteiger partial charge < -0.3 is 15.3 Å². The molecule has 0 atom stereocenters. The summed E-state index contributed by atoms with van der Waals surface area (Å²) >= 11 is 0. The van der Waals surface area contributed by atoms with E-state index in [9.17, 15) is 14.7 Å². The number of rotatable bonds is 6. The van der Waals surface area contributed by atoms with Crippen LogP contribution < -0.4 is 5.32 Å². The van der Waals surface area contributed by atoms with Crippen LogP contribution >= 0.6 is 0 Å². The predicted octanol–water partition coefficient (Wildman–Crippen LogP) is -0.962. The lowest BCUT2D eigenvalue weighted by molar-refractivity contribution is -0.141. The molecule has 2 amide bonds. The van der Waals surface area contributed by atoms with Crippen LogP contribution in [0.1, 0.15) is 20.3 Å². The molecule has 0 aromatic carbocycles. The Morgan fingerprint density at radius 1 is 1.44 bits per heavy atom. The average molecular weight is 257 g/mol. The SMILES string of the molecule is CCCNC(=O)CN(C)C(=O)CN1CC(C)(O)C1. The third-order valence-corrected chi connectivity index (χ3v) is 2.87. The number of likely N-dealkylation sites (N-methyl/N-ethyl adjacent to an activating group) is 1. The third-order valence-electron chi connectivity index (χ3n) is 2.87. The van der Waals surface area contributed by atoms with Crippen molar-refractivity contribution in [1.29, 1.82) is 0 Å². The minimum absolute atomic E-state index is 0.0864. The van der Waals surface area contributed by atoms with Crippen molar-refractivity contribution in [1.82, 2.24) is 15.1 Å². The first-order chi connectivity index (χ1) is 8.34. The molecule has 1 heterocycles. The van der Waals surface area contributed by atoms with E-state index in [1.54, 1.807) is 14.0 Å². The highest BCUT2D eigenvalue weighted by atomic mass is 16.3. The second-order valence-corrected chi connectivity index (χ2v) is 5.24. The molecule has 0 spiro atoms. The number of amides is 2. The van der Waals surface area contributed by atoms with Gasteiger partial charge in [-0.3, -0.25) is 14.5 Å². The number of hydrogen-bond donors (Lipinski definition) is 2. The van der Waals surface area contributed by atoms with E-state index in [1.807, 2.05) is 11.8 Å². The van der Waals surface area contributed by atoms with Crippen LogP contribution in [0.15, 0.2) is 0 Å². The van der Waals surface area contributed by atoms with Gasteiger partial charge in [-0.1, -0.05) is 6.92 Å². The summed E-state index contributed by atoms with van der Waals surface area (Å²) in [4.78, 5) is 26.5. The highest BCUT2D eigenvalue weighted by Crippen LogP contribution is 2.18. The van der Waals surface area contributed by atoms with Crippen molar-refractivity contribution in [3.8, 4) is 0 Å². The Bertz CT molecular complexity index is 310. The quantitative estimate of drug-likeness (QED) is 0.643. The van der Waals surface area contributed by atoms with E-state index >= 15 is 0 Å². The Hall–Kier alpha value is -1.14. The second kappa shape index (κ2) is 6.15. The minimum atomic E-state index is -0.669. The Kier molecular flexibility index (Phi) is 5.10. The van der Waals surface area contributed by atoms with E-state index in [0.29, 0.717) is 19.6 Å². The van der Waals surface area contributed by atoms with Gasteiger partial charge in [0.25, 0.3) is 0 Å². The number of hydrogen-bond acceptors (Lipinski definition) is 4. The van der Waals surface area contributed by atoms with Crippen LogP contribution in [-0.4, -0.2) is 72.1 Å². The maximum atomic E-state index is 11.8. The summed E-state index contributed by atoms with van der Waals surface area (Å²) in [5.74, 6) is -0.236. The van der Waals surface area contributed by atoms with Crippen molar-refractivity contribution in [3.63, 3.8) is 0 Å². The van der Waals surface area contributed by atoms with Gasteiger partial charge in [0, 0.05) is 26.7 Å². The largest absolute Gasteiger partial charge is 0.388 e. The molecule has 0 radical (unpaired) electrons. The van der Waals surface area contributed by atoms with Gasteiger partial charge in [-0.25, -0.2) is 0 Å². The number of nitrogens with zero attached hydrogens (tertiary/aromatic N) is 2. The maximum absolute atomic E-state index is 11.8. The predicted molar refractivity (Wildman–Crippen MR) is 68.0 cm³/mol. The molecule has 0 bridgehead atoms. The van der Waals surface area contributed by atoms with Crippen LogP contribution in [0.2, 0.25) is 0 Å². The number of carbonyl (C=O) groups excluding carboxylic acids is 2. The molecule has 104 valence electrons. The Balaban J connectivity index is 2.23. The first-order valence-electron chi connectivity index (χ1n) is 6.29. The molecule has 2 N–H and O–H groups in total. The molecule has 1 rings (SSSR count). The summed E-state index contributed by atoms with van der Waals surface area (Å²) in [5, 5.41) is 12.3. The van der Waals surface area contributed by atoms with Crippen molar-refractivity contribution < 1.29 is 14.7 Å². The van der Waals surface area contributed by atoms with Crippen LogP contribution in [0.3, 0.4) is 0 Å². The van der Waals surface area contributed by atoms with Crippen molar-refractivity contribution in [3.05, 3.63) is 0 Å². The monoisotopic (exact) mass is 257 g/mol. The zero-order valence-corrected chi connectivity index (χ0v) is 11.4. The summed E-state index contributed by atoms with van der Waals surface area (Å²) in [6.07, 6.45) is 0.881. The average Bonchev–Trinajstić information content (AvgIpc) is 2.23. The number of β-amino-alcohol motifs (C(OH)–C–C–N with tert-alkyl or cyclic N) is 1. The Labute approximate surface area is 108 Å². The molecule has 1 saturated heterocycles. The zero-order chi connectivity index (χ0) is 13.8. The fourth-order valence-corrected chi connectivity index (χ4v) is 1.96. The van der Waals surface area contributed by atoms with Crippen LogP contribution in [0.4, 0.5) is 0 Å². The van der Waals surface area contributed by atoms with Crippen LogP contribution in [-0.2, 0) is 9.59 Å². The van der Waals surface area contributed by atoms with Gasteiger partial charge in [-0.2, -0.15) is 0 Å². The van der Waals surface area contributed by atoms with E-state index in [0.717, 1.165) is 6.42 Å². The first kappa shape index (κ1) is 14.9. The van der Waals surface area contributed by atoms with Gasteiger partial charge in [0.05, 0.1) is 18.7 Å². The van der Waals surface area contributed by atoms with Gasteiger partial charge in [0.15, 0.2) is 0 Å². The normalized spacial score (nSPS) is 18.0. The van der Waals surface area contributed by atoms with E-state index in [4.69, 9.17) is 0 Å². The Morgan fingerprint density at radius 3 is 2.56 bits per heavy atom. The number of nitrogens with one attached hydrogen (secondary N) is 1. The van der Waals surface area contributed by atoms with E-state index in [2.05, 4.69) is 5.32 Å². The number of likely N-dealkylation sites (tertiary alicyclic amines) is 1. The topological polar surface area (TPSA) is 72.9 Å². The molecule has 0 aromatic rings. The van der Waals surface area contributed by atoms with Crippen molar-refractivity contribution in [2.45, 2.75) is 25.9 Å². The molecule has 0 aliphatic carbocycles. The highest BCUT2D eigenvalue weighted by molar-refractivity contribution is 5.85. The molecule has 6 nitrogen and oxygen atoms in total. The van der Waals surface area contributed by atoms with E-state index in [-0.39, 0.29) is 24.9 Å². The van der Waals surface area contributed by atoms with Gasteiger partial charge in [0.1, 0.15) is 0 Å². The molecule has 0 aromatic heterocycles. The van der Waals surface area contributed by atoms with E-state index in [1.165, 1.54) is 4.90 Å². The standard InChI is InChI=1S/C12H23N3O3/c1-4-5-13-10(16)6-14(3)11(17)7-15-8-12(2,18)9-15/h18H,4-9H2,1-3H3,(H,13,16). The van der Waals surface area contributed by atoms with E-state index < -0.39 is 5.60 Å². The summed E-state index contributed by atoms with van der Waals surface area (Å²) in [6, 6.07) is 0. The number of aliphatic hydroxyl groups is 1. The summed E-state index contributed by atoms with van der Waals surface area (Å²) < 4.78 is 0. The van der Waals surface area contributed by atoms with Gasteiger partial charge in [-0.05, 0) is 13.3 Å². The number of carbonyl (C=O) groups is 2. The van der Waals surface area contributed by atoms with Crippen molar-refractivity contribution in [2.75, 3.05) is 39.8 Å². The summed E-state index contributed by atoms with van der Waals surface area (Å²) in [7, 11) is 1.62. The third kappa shape index (κ3) is 4.62. The van der Waals surface area contributed by atoms with Crippen molar-refractivity contribution >= 4 is 11.8 Å². The molecular weight excluding hydrogens is 234 g/mol. The summed E-state index contributed by atoms with van der Waals surface area (Å²) in [6.45, 7) is 5.72. The fraction of sp³-hybridized carbons (Fsp3) is 0.833. The maximum Gasteiger partial charge on any atom is 0.239 e. The molecule has 6 heteroatoms. The molecule has 1 aliphatic heterocycles. The summed E-state index contributed by atoms with van der Waals surface area (Å²) in [5.41, 5.74) is -0.669. The van der Waals surface area contributed by atoms with Gasteiger partial charge in [-0.15, -0.1) is 0 Å². The van der Waals surface area contributed by atoms with Crippen LogP contribution in [0.5, 0.6) is 0 Å². The van der Waals surface area contributed by atoms with Crippen LogP contribution in [0, 0.1) is 0 Å². The Morgan fingerprint density at radius 2 is 2.06 bits per heavy atom. The van der Waals surface area contributed by atoms with Gasteiger partial charge >= 0.3 is 0 Å². The molecule has 0 saturated carbocycles. The molecule has 1 aliphatic rings. The molecule has 18 heavy (non-hydrogen) atoms.